The first-order valence-corrected chi connectivity index (χ1v) is 7.79. The second-order valence-electron chi connectivity index (χ2n) is 7.18. The molecule has 1 fully saturated rings. The second-order valence-corrected chi connectivity index (χ2v) is 7.18. The van der Waals surface area contributed by atoms with E-state index in [1.807, 2.05) is 0 Å². The summed E-state index contributed by atoms with van der Waals surface area (Å²) < 4.78 is 5.88. The monoisotopic (exact) mass is 272 g/mol. The number of benzene rings is 1. The molecule has 0 saturated heterocycles. The lowest BCUT2D eigenvalue weighted by molar-refractivity contribution is 0.131. The van der Waals surface area contributed by atoms with Gasteiger partial charge in [-0.2, -0.15) is 0 Å². The topological polar surface area (TPSA) is 9.23 Å². The molecule has 0 aromatic heterocycles. The molecule has 20 heavy (non-hydrogen) atoms. The average molecular weight is 272 g/mol. The predicted molar refractivity (Wildman–Crippen MR) is 86.3 cm³/mol. The zero-order valence-corrected chi connectivity index (χ0v) is 13.4. The summed E-state index contributed by atoms with van der Waals surface area (Å²) in [6.45, 7) is 12.5. The number of hydrogen-bond acceptors (Lipinski definition) is 1. The molecular formula is C19H28O. The van der Waals surface area contributed by atoms with Gasteiger partial charge in [0, 0.05) is 0 Å². The minimum absolute atomic E-state index is 0.124. The Balaban J connectivity index is 1.96. The van der Waals surface area contributed by atoms with Crippen molar-refractivity contribution in [1.82, 2.24) is 0 Å². The van der Waals surface area contributed by atoms with Crippen LogP contribution in [0.15, 0.2) is 36.4 Å². The van der Waals surface area contributed by atoms with Gasteiger partial charge in [-0.3, -0.25) is 0 Å². The maximum Gasteiger partial charge on any atom is 0.120 e. The second kappa shape index (κ2) is 6.03. The Morgan fingerprint density at radius 2 is 1.60 bits per heavy atom. The van der Waals surface area contributed by atoms with E-state index in [1.165, 1.54) is 36.8 Å². The van der Waals surface area contributed by atoms with Gasteiger partial charge in [0.25, 0.3) is 0 Å². The van der Waals surface area contributed by atoms with Crippen molar-refractivity contribution in [1.29, 1.82) is 0 Å². The van der Waals surface area contributed by atoms with Crippen LogP contribution in [0.1, 0.15) is 64.9 Å². The summed E-state index contributed by atoms with van der Waals surface area (Å²) in [5, 5.41) is 0. The van der Waals surface area contributed by atoms with E-state index in [0.717, 1.165) is 11.7 Å². The normalized spacial score (nSPS) is 23.4. The van der Waals surface area contributed by atoms with Crippen LogP contribution in [-0.2, 0) is 0 Å². The van der Waals surface area contributed by atoms with Crippen LogP contribution in [0.4, 0.5) is 0 Å². The van der Waals surface area contributed by atoms with Crippen LogP contribution < -0.4 is 4.74 Å². The Hall–Kier alpha value is -1.24. The van der Waals surface area contributed by atoms with Crippen LogP contribution in [0.25, 0.3) is 0 Å². The van der Waals surface area contributed by atoms with Crippen molar-refractivity contribution in [3.63, 3.8) is 0 Å². The summed E-state index contributed by atoms with van der Waals surface area (Å²) in [5.41, 5.74) is 2.70. The Morgan fingerprint density at radius 3 is 2.05 bits per heavy atom. The highest BCUT2D eigenvalue weighted by atomic mass is 16.5. The number of hydrogen-bond donors (Lipinski definition) is 0. The van der Waals surface area contributed by atoms with Crippen molar-refractivity contribution in [2.24, 2.45) is 5.92 Å². The van der Waals surface area contributed by atoms with Crippen molar-refractivity contribution in [3.8, 4) is 5.75 Å². The zero-order chi connectivity index (χ0) is 14.8. The molecule has 1 nitrogen and oxygen atoms in total. The molecule has 0 bridgehead atoms. The predicted octanol–water partition coefficient (Wildman–Crippen LogP) is 5.71. The fraction of sp³-hybridized carbons (Fsp3) is 0.579. The smallest absolute Gasteiger partial charge is 0.120 e. The molecule has 1 aromatic rings. The summed E-state index contributed by atoms with van der Waals surface area (Å²) in [6, 6.07) is 8.72. The van der Waals surface area contributed by atoms with Crippen LogP contribution in [-0.4, -0.2) is 5.60 Å². The molecule has 1 saturated carbocycles. The largest absolute Gasteiger partial charge is 0.488 e. The lowest BCUT2D eigenvalue weighted by Gasteiger charge is -2.29. The van der Waals surface area contributed by atoms with Crippen molar-refractivity contribution in [3.05, 3.63) is 42.0 Å². The fourth-order valence-corrected chi connectivity index (χ4v) is 3.08. The van der Waals surface area contributed by atoms with E-state index in [4.69, 9.17) is 4.74 Å². The quantitative estimate of drug-likeness (QED) is 0.640. The third kappa shape index (κ3) is 4.13. The molecule has 0 radical (unpaired) electrons. The van der Waals surface area contributed by atoms with E-state index in [2.05, 4.69) is 58.5 Å². The van der Waals surface area contributed by atoms with Gasteiger partial charge in [0.2, 0.25) is 0 Å². The zero-order valence-electron chi connectivity index (χ0n) is 13.4. The van der Waals surface area contributed by atoms with Gasteiger partial charge >= 0.3 is 0 Å². The Labute approximate surface area is 124 Å². The molecule has 0 N–H and O–H groups in total. The third-order valence-electron chi connectivity index (χ3n) is 4.20. The lowest BCUT2D eigenvalue weighted by atomic mass is 9.76. The van der Waals surface area contributed by atoms with Gasteiger partial charge in [0.15, 0.2) is 0 Å². The molecule has 0 atom stereocenters. The highest BCUT2D eigenvalue weighted by Gasteiger charge is 2.22. The molecule has 2 rings (SSSR count). The molecule has 1 aliphatic rings. The fourth-order valence-electron chi connectivity index (χ4n) is 3.08. The summed E-state index contributed by atoms with van der Waals surface area (Å²) >= 11 is 0. The highest BCUT2D eigenvalue weighted by molar-refractivity contribution is 5.30. The molecule has 1 aromatic carbocycles. The first kappa shape index (κ1) is 15.2. The minimum Gasteiger partial charge on any atom is -0.488 e. The van der Waals surface area contributed by atoms with E-state index in [-0.39, 0.29) is 5.60 Å². The first-order valence-electron chi connectivity index (χ1n) is 7.79. The van der Waals surface area contributed by atoms with Crippen LogP contribution in [0.5, 0.6) is 5.75 Å². The molecule has 0 heterocycles. The van der Waals surface area contributed by atoms with Crippen molar-refractivity contribution >= 4 is 0 Å². The Kier molecular flexibility index (Phi) is 4.57. The third-order valence-corrected chi connectivity index (χ3v) is 4.20. The Morgan fingerprint density at radius 1 is 1.05 bits per heavy atom. The minimum atomic E-state index is -0.124. The number of allylic oxidation sites excluding steroid dienone is 1. The van der Waals surface area contributed by atoms with Gasteiger partial charge in [-0.1, -0.05) is 24.3 Å². The molecule has 1 heteroatoms. The van der Waals surface area contributed by atoms with Gasteiger partial charge < -0.3 is 4.74 Å². The van der Waals surface area contributed by atoms with Gasteiger partial charge in [-0.25, -0.2) is 0 Å². The van der Waals surface area contributed by atoms with E-state index in [1.54, 1.807) is 0 Å². The maximum atomic E-state index is 5.88. The Bertz CT molecular complexity index is 442. The molecule has 1 aliphatic carbocycles. The summed E-state index contributed by atoms with van der Waals surface area (Å²) in [6.07, 6.45) is 5.16. The summed E-state index contributed by atoms with van der Waals surface area (Å²) in [5.74, 6) is 2.43. The van der Waals surface area contributed by atoms with Crippen molar-refractivity contribution < 1.29 is 4.74 Å². The SMILES string of the molecule is C=C(C)C1CCC(c2ccc(OC(C)(C)C)cc2)CC1. The molecule has 0 aliphatic heterocycles. The molecule has 0 unspecified atom stereocenters. The summed E-state index contributed by atoms with van der Waals surface area (Å²) in [4.78, 5) is 0. The van der Waals surface area contributed by atoms with Crippen molar-refractivity contribution in [2.75, 3.05) is 0 Å². The van der Waals surface area contributed by atoms with Gasteiger partial charge in [0.05, 0.1) is 0 Å². The standard InChI is InChI=1S/C19H28O/c1-14(2)15-6-8-16(9-7-15)17-10-12-18(13-11-17)20-19(3,4)5/h10-13,15-16H,1,6-9H2,2-5H3. The van der Waals surface area contributed by atoms with Crippen molar-refractivity contribution in [2.45, 2.75) is 64.9 Å². The number of rotatable bonds is 3. The van der Waals surface area contributed by atoms with Crippen LogP contribution in [0, 0.1) is 5.92 Å². The van der Waals surface area contributed by atoms with E-state index in [9.17, 15) is 0 Å². The molecule has 0 amide bonds. The number of ether oxygens (including phenoxy) is 1. The van der Waals surface area contributed by atoms with Crippen LogP contribution >= 0.6 is 0 Å². The first-order chi connectivity index (χ1) is 9.35. The highest BCUT2D eigenvalue weighted by Crippen LogP contribution is 2.38. The van der Waals surface area contributed by atoms with E-state index < -0.39 is 0 Å². The van der Waals surface area contributed by atoms with Crippen LogP contribution in [0.2, 0.25) is 0 Å². The van der Waals surface area contributed by atoms with E-state index in [0.29, 0.717) is 5.92 Å². The van der Waals surface area contributed by atoms with Gasteiger partial charge in [0.1, 0.15) is 11.4 Å². The lowest BCUT2D eigenvalue weighted by Crippen LogP contribution is -2.22. The summed E-state index contributed by atoms with van der Waals surface area (Å²) in [7, 11) is 0. The molecular weight excluding hydrogens is 244 g/mol. The van der Waals surface area contributed by atoms with E-state index >= 15 is 0 Å². The van der Waals surface area contributed by atoms with Gasteiger partial charge in [-0.05, 0) is 82.9 Å². The van der Waals surface area contributed by atoms with Gasteiger partial charge in [-0.15, -0.1) is 0 Å². The maximum absolute atomic E-state index is 5.88. The molecule has 110 valence electrons. The van der Waals surface area contributed by atoms with Crippen LogP contribution in [0.3, 0.4) is 0 Å². The molecule has 0 spiro atoms. The average Bonchev–Trinajstić information content (AvgIpc) is 2.38.